The van der Waals surface area contributed by atoms with E-state index in [1.165, 1.54) is 25.7 Å². The predicted molar refractivity (Wildman–Crippen MR) is 59.7 cm³/mol. The molecule has 1 N–H and O–H groups in total. The monoisotopic (exact) mass is 181 g/mol. The predicted octanol–water partition coefficient (Wildman–Crippen LogP) is 2.96. The van der Waals surface area contributed by atoms with Crippen molar-refractivity contribution in [3.63, 3.8) is 0 Å². The molecule has 2 atom stereocenters. The smallest absolute Gasteiger partial charge is 0.0686 e. The highest BCUT2D eigenvalue weighted by Gasteiger charge is 2.09. The van der Waals surface area contributed by atoms with Gasteiger partial charge in [0.1, 0.15) is 0 Å². The molecule has 0 saturated carbocycles. The Labute approximate surface area is 83.3 Å². The van der Waals surface area contributed by atoms with Crippen LogP contribution in [0.3, 0.4) is 0 Å². The summed E-state index contributed by atoms with van der Waals surface area (Å²) in [5.41, 5.74) is 0. The Morgan fingerprint density at radius 2 is 1.92 bits per heavy atom. The molecule has 0 aromatic rings. The standard InChI is InChI=1S/C12H23N/c1-5-9-10-12(8-4)13-11(6-2)7-3/h2,11-13H,5,7-10H2,1,3-4H3. The van der Waals surface area contributed by atoms with Gasteiger partial charge in [-0.1, -0.05) is 39.5 Å². The Bertz CT molecular complexity index is 146. The van der Waals surface area contributed by atoms with E-state index in [-0.39, 0.29) is 6.04 Å². The van der Waals surface area contributed by atoms with Crippen molar-refractivity contribution >= 4 is 0 Å². The molecule has 0 aromatic carbocycles. The SMILES string of the molecule is C#CC(CC)NC(CC)CCCC. The zero-order chi connectivity index (χ0) is 10.1. The van der Waals surface area contributed by atoms with E-state index in [1.54, 1.807) is 0 Å². The molecule has 0 rings (SSSR count). The molecule has 0 radical (unpaired) electrons. The molecular weight excluding hydrogens is 158 g/mol. The highest BCUT2D eigenvalue weighted by Crippen LogP contribution is 2.05. The van der Waals surface area contributed by atoms with Crippen molar-refractivity contribution in [2.75, 3.05) is 0 Å². The lowest BCUT2D eigenvalue weighted by Crippen LogP contribution is -2.36. The van der Waals surface area contributed by atoms with Crippen molar-refractivity contribution in [3.8, 4) is 12.3 Å². The third kappa shape index (κ3) is 5.71. The average molecular weight is 181 g/mol. The first-order valence-corrected chi connectivity index (χ1v) is 5.50. The van der Waals surface area contributed by atoms with Gasteiger partial charge in [0.15, 0.2) is 0 Å². The van der Waals surface area contributed by atoms with Crippen molar-refractivity contribution in [2.24, 2.45) is 0 Å². The molecule has 0 spiro atoms. The second kappa shape index (κ2) is 8.13. The van der Waals surface area contributed by atoms with Gasteiger partial charge in [0.25, 0.3) is 0 Å². The lowest BCUT2D eigenvalue weighted by atomic mass is 10.1. The Balaban J connectivity index is 3.75. The lowest BCUT2D eigenvalue weighted by molar-refractivity contribution is 0.422. The minimum Gasteiger partial charge on any atom is -0.301 e. The molecule has 2 unspecified atom stereocenters. The van der Waals surface area contributed by atoms with Crippen LogP contribution in [0.25, 0.3) is 0 Å². The zero-order valence-corrected chi connectivity index (χ0v) is 9.27. The summed E-state index contributed by atoms with van der Waals surface area (Å²) in [7, 11) is 0. The maximum Gasteiger partial charge on any atom is 0.0686 e. The molecule has 0 aliphatic heterocycles. The molecule has 0 aromatic heterocycles. The third-order valence-corrected chi connectivity index (χ3v) is 2.45. The Kier molecular flexibility index (Phi) is 7.83. The van der Waals surface area contributed by atoms with E-state index in [0.29, 0.717) is 6.04 Å². The molecule has 0 fully saturated rings. The average Bonchev–Trinajstić information content (AvgIpc) is 2.19. The van der Waals surface area contributed by atoms with Crippen molar-refractivity contribution < 1.29 is 0 Å². The molecule has 1 heteroatoms. The van der Waals surface area contributed by atoms with Gasteiger partial charge in [0.2, 0.25) is 0 Å². The number of unbranched alkanes of at least 4 members (excludes halogenated alkanes) is 1. The van der Waals surface area contributed by atoms with Gasteiger partial charge in [-0.25, -0.2) is 0 Å². The molecule has 13 heavy (non-hydrogen) atoms. The molecule has 0 aliphatic rings. The van der Waals surface area contributed by atoms with Gasteiger partial charge in [0.05, 0.1) is 6.04 Å². The van der Waals surface area contributed by atoms with Gasteiger partial charge in [-0.15, -0.1) is 6.42 Å². The molecule has 0 amide bonds. The summed E-state index contributed by atoms with van der Waals surface area (Å²) >= 11 is 0. The van der Waals surface area contributed by atoms with Crippen LogP contribution in [0.2, 0.25) is 0 Å². The fourth-order valence-corrected chi connectivity index (χ4v) is 1.42. The van der Waals surface area contributed by atoms with E-state index in [9.17, 15) is 0 Å². The maximum absolute atomic E-state index is 5.40. The van der Waals surface area contributed by atoms with Crippen molar-refractivity contribution in [1.82, 2.24) is 5.32 Å². The molecule has 0 saturated heterocycles. The summed E-state index contributed by atoms with van der Waals surface area (Å²) in [5, 5.41) is 3.50. The maximum atomic E-state index is 5.40. The second-order valence-corrected chi connectivity index (χ2v) is 3.54. The summed E-state index contributed by atoms with van der Waals surface area (Å²) in [6, 6.07) is 0.878. The number of hydrogen-bond acceptors (Lipinski definition) is 1. The van der Waals surface area contributed by atoms with Crippen LogP contribution in [-0.4, -0.2) is 12.1 Å². The fourth-order valence-electron chi connectivity index (χ4n) is 1.42. The summed E-state index contributed by atoms with van der Waals surface area (Å²) in [5.74, 6) is 2.78. The molecule has 0 heterocycles. The lowest BCUT2D eigenvalue weighted by Gasteiger charge is -2.20. The van der Waals surface area contributed by atoms with Gasteiger partial charge >= 0.3 is 0 Å². The summed E-state index contributed by atoms with van der Waals surface area (Å²) < 4.78 is 0. The van der Waals surface area contributed by atoms with Crippen LogP contribution in [0.15, 0.2) is 0 Å². The van der Waals surface area contributed by atoms with Crippen LogP contribution in [0, 0.1) is 12.3 Å². The molecule has 76 valence electrons. The van der Waals surface area contributed by atoms with Gasteiger partial charge in [-0.05, 0) is 19.3 Å². The van der Waals surface area contributed by atoms with Crippen molar-refractivity contribution in [1.29, 1.82) is 0 Å². The van der Waals surface area contributed by atoms with E-state index in [1.807, 2.05) is 0 Å². The first-order valence-electron chi connectivity index (χ1n) is 5.50. The van der Waals surface area contributed by atoms with Crippen LogP contribution in [0.1, 0.15) is 52.9 Å². The van der Waals surface area contributed by atoms with Gasteiger partial charge in [-0.3, -0.25) is 0 Å². The second-order valence-electron chi connectivity index (χ2n) is 3.54. The fraction of sp³-hybridized carbons (Fsp3) is 0.833. The van der Waals surface area contributed by atoms with Crippen molar-refractivity contribution in [2.45, 2.75) is 65.0 Å². The van der Waals surface area contributed by atoms with E-state index in [0.717, 1.165) is 6.42 Å². The van der Waals surface area contributed by atoms with Crippen LogP contribution < -0.4 is 5.32 Å². The van der Waals surface area contributed by atoms with Crippen LogP contribution in [-0.2, 0) is 0 Å². The van der Waals surface area contributed by atoms with Crippen LogP contribution >= 0.6 is 0 Å². The zero-order valence-electron chi connectivity index (χ0n) is 9.27. The van der Waals surface area contributed by atoms with Gasteiger partial charge in [-0.2, -0.15) is 0 Å². The van der Waals surface area contributed by atoms with E-state index >= 15 is 0 Å². The quantitative estimate of drug-likeness (QED) is 0.595. The summed E-state index contributed by atoms with van der Waals surface area (Å²) in [6.45, 7) is 6.58. The molecular formula is C12H23N. The molecule has 0 bridgehead atoms. The first-order chi connectivity index (χ1) is 6.28. The minimum atomic E-state index is 0.266. The Morgan fingerprint density at radius 3 is 2.31 bits per heavy atom. The minimum absolute atomic E-state index is 0.266. The summed E-state index contributed by atoms with van der Waals surface area (Å²) in [6.07, 6.45) is 11.4. The van der Waals surface area contributed by atoms with Gasteiger partial charge < -0.3 is 5.32 Å². The van der Waals surface area contributed by atoms with Crippen molar-refractivity contribution in [3.05, 3.63) is 0 Å². The van der Waals surface area contributed by atoms with Crippen LogP contribution in [0.4, 0.5) is 0 Å². The molecule has 1 nitrogen and oxygen atoms in total. The van der Waals surface area contributed by atoms with Crippen LogP contribution in [0.5, 0.6) is 0 Å². The number of terminal acetylenes is 1. The molecule has 0 aliphatic carbocycles. The highest BCUT2D eigenvalue weighted by atomic mass is 14.9. The van der Waals surface area contributed by atoms with Gasteiger partial charge in [0, 0.05) is 6.04 Å². The summed E-state index contributed by atoms with van der Waals surface area (Å²) in [4.78, 5) is 0. The Morgan fingerprint density at radius 1 is 1.23 bits per heavy atom. The van der Waals surface area contributed by atoms with E-state index < -0.39 is 0 Å². The van der Waals surface area contributed by atoms with E-state index in [2.05, 4.69) is 32.0 Å². The normalized spacial score (nSPS) is 14.9. The highest BCUT2D eigenvalue weighted by molar-refractivity contribution is 4.98. The third-order valence-electron chi connectivity index (χ3n) is 2.45. The number of hydrogen-bond donors (Lipinski definition) is 1. The number of rotatable bonds is 7. The topological polar surface area (TPSA) is 12.0 Å². The van der Waals surface area contributed by atoms with E-state index in [4.69, 9.17) is 6.42 Å². The first kappa shape index (κ1) is 12.5. The largest absolute Gasteiger partial charge is 0.301 e. The number of nitrogens with one attached hydrogen (secondary N) is 1. The Hall–Kier alpha value is -0.480.